The van der Waals surface area contributed by atoms with Gasteiger partial charge < -0.3 is 4.90 Å². The Balaban J connectivity index is 1.98. The van der Waals surface area contributed by atoms with E-state index in [1.807, 2.05) is 0 Å². The topological polar surface area (TPSA) is 71.5 Å². The van der Waals surface area contributed by atoms with Crippen molar-refractivity contribution in [3.05, 3.63) is 11.0 Å². The van der Waals surface area contributed by atoms with Crippen molar-refractivity contribution in [3.8, 4) is 0 Å². The molecule has 2 aliphatic rings. The molecule has 0 aliphatic carbocycles. The molecule has 114 valence electrons. The summed E-state index contributed by atoms with van der Waals surface area (Å²) in [6.07, 6.45) is 0.581. The minimum absolute atomic E-state index is 0.0699. The minimum atomic E-state index is -3.11. The van der Waals surface area contributed by atoms with Crippen molar-refractivity contribution >= 4 is 48.0 Å². The van der Waals surface area contributed by atoms with Crippen molar-refractivity contribution in [2.45, 2.75) is 24.6 Å². The molecule has 20 heavy (non-hydrogen) atoms. The van der Waals surface area contributed by atoms with Crippen LogP contribution in [0.25, 0.3) is 0 Å². The molecule has 0 N–H and O–H groups in total. The molecule has 0 aromatic carbocycles. The highest BCUT2D eigenvalue weighted by Gasteiger charge is 2.34. The summed E-state index contributed by atoms with van der Waals surface area (Å²) in [5.41, 5.74) is 0.796. The van der Waals surface area contributed by atoms with Crippen molar-refractivity contribution < 1.29 is 16.8 Å². The summed E-state index contributed by atoms with van der Waals surface area (Å²) in [7, 11) is -4.28. The number of thioether (sulfide) groups is 1. The zero-order valence-electron chi connectivity index (χ0n) is 11.3. The maximum Gasteiger partial charge on any atom is 0.173 e. The fourth-order valence-corrected chi connectivity index (χ4v) is 7.84. The monoisotopic (exact) mass is 355 g/mol. The molecule has 0 bridgehead atoms. The van der Waals surface area contributed by atoms with E-state index in [9.17, 15) is 16.8 Å². The summed E-state index contributed by atoms with van der Waals surface area (Å²) in [6.45, 7) is 1.78. The van der Waals surface area contributed by atoms with Crippen LogP contribution >= 0.6 is 24.0 Å². The Morgan fingerprint density at radius 2 is 2.00 bits per heavy atom. The molecular formula is C11H17NO4S4. The lowest BCUT2D eigenvalue weighted by atomic mass is 10.2. The molecule has 0 aromatic heterocycles. The van der Waals surface area contributed by atoms with E-state index in [4.69, 9.17) is 12.2 Å². The van der Waals surface area contributed by atoms with E-state index < -0.39 is 19.7 Å². The van der Waals surface area contributed by atoms with Crippen molar-refractivity contribution in [1.82, 2.24) is 4.90 Å². The van der Waals surface area contributed by atoms with E-state index in [0.717, 1.165) is 5.57 Å². The van der Waals surface area contributed by atoms with E-state index in [1.54, 1.807) is 18.9 Å². The van der Waals surface area contributed by atoms with Crippen molar-refractivity contribution in [3.63, 3.8) is 0 Å². The Kier molecular flexibility index (Phi) is 4.54. The number of thiocarbonyl (C=S) groups is 1. The van der Waals surface area contributed by atoms with Gasteiger partial charge in [0.05, 0.1) is 17.3 Å². The average molecular weight is 356 g/mol. The van der Waals surface area contributed by atoms with Gasteiger partial charge in [-0.1, -0.05) is 24.0 Å². The molecule has 0 amide bonds. The van der Waals surface area contributed by atoms with Gasteiger partial charge in [-0.15, -0.1) is 0 Å². The van der Waals surface area contributed by atoms with Crippen LogP contribution in [0.5, 0.6) is 0 Å². The number of sulfone groups is 2. The van der Waals surface area contributed by atoms with Crippen molar-refractivity contribution in [1.29, 1.82) is 0 Å². The fourth-order valence-electron chi connectivity index (χ4n) is 2.31. The Hall–Kier alpha value is -0.120. The first-order valence-electron chi connectivity index (χ1n) is 6.14. The maximum absolute atomic E-state index is 11.5. The lowest BCUT2D eigenvalue weighted by Crippen LogP contribution is -2.36. The molecular weight excluding hydrogens is 338 g/mol. The highest BCUT2D eigenvalue weighted by atomic mass is 32.2. The second-order valence-corrected chi connectivity index (χ2v) is 11.2. The highest BCUT2D eigenvalue weighted by Crippen LogP contribution is 2.31. The predicted octanol–water partition coefficient (Wildman–Crippen LogP) is 0.824. The summed E-state index contributed by atoms with van der Waals surface area (Å²) >= 11 is 6.65. The third-order valence-corrected chi connectivity index (χ3v) is 8.92. The van der Waals surface area contributed by atoms with Crippen LogP contribution in [0.2, 0.25) is 0 Å². The van der Waals surface area contributed by atoms with E-state index in [1.165, 1.54) is 17.2 Å². The number of rotatable bonds is 2. The molecule has 0 saturated carbocycles. The van der Waals surface area contributed by atoms with Crippen LogP contribution in [0, 0.1) is 0 Å². The summed E-state index contributed by atoms with van der Waals surface area (Å²) in [5.74, 6) is 0.397. The van der Waals surface area contributed by atoms with Gasteiger partial charge in [-0.25, -0.2) is 16.8 Å². The lowest BCUT2D eigenvalue weighted by molar-refractivity contribution is 0.409. The van der Waals surface area contributed by atoms with Gasteiger partial charge in [-0.2, -0.15) is 0 Å². The largest absolute Gasteiger partial charge is 0.357 e. The smallest absolute Gasteiger partial charge is 0.173 e. The third kappa shape index (κ3) is 3.75. The van der Waals surface area contributed by atoms with Gasteiger partial charge in [0, 0.05) is 23.7 Å². The van der Waals surface area contributed by atoms with Gasteiger partial charge in [0.25, 0.3) is 0 Å². The Morgan fingerprint density at radius 3 is 2.45 bits per heavy atom. The molecule has 2 heterocycles. The van der Waals surface area contributed by atoms with Gasteiger partial charge in [0.1, 0.15) is 4.32 Å². The zero-order valence-corrected chi connectivity index (χ0v) is 14.5. The van der Waals surface area contributed by atoms with Crippen LogP contribution in [0.1, 0.15) is 13.3 Å². The van der Waals surface area contributed by atoms with Crippen molar-refractivity contribution in [2.24, 2.45) is 0 Å². The maximum atomic E-state index is 11.5. The standard InChI is InChI=1S/C11H17NO4S4/c1-8-5-20(15,16)7-10(8)18-11(17)12(2)9-3-4-19(13,14)6-9/h5,9-10H,3-4,6-7H2,1-2H3/t9-,10-/m0/s1. The molecule has 2 aliphatic heterocycles. The number of nitrogens with zero attached hydrogens (tertiary/aromatic N) is 1. The molecule has 1 fully saturated rings. The quantitative estimate of drug-likeness (QED) is 0.679. The predicted molar refractivity (Wildman–Crippen MR) is 86.3 cm³/mol. The van der Waals surface area contributed by atoms with Crippen LogP contribution in [0.3, 0.4) is 0 Å². The first-order chi connectivity index (χ1) is 9.10. The molecule has 2 atom stereocenters. The SMILES string of the molecule is CC1=CS(=O)(=O)C[C@@H]1SC(=S)N(C)[C@H]1CCS(=O)(=O)C1. The molecule has 0 unspecified atom stereocenters. The van der Waals surface area contributed by atoms with Crippen molar-refractivity contribution in [2.75, 3.05) is 24.3 Å². The van der Waals surface area contributed by atoms with E-state index in [2.05, 4.69) is 0 Å². The molecule has 1 saturated heterocycles. The summed E-state index contributed by atoms with van der Waals surface area (Å²) in [5, 5.41) is 1.14. The summed E-state index contributed by atoms with van der Waals surface area (Å²) < 4.78 is 46.6. The van der Waals surface area contributed by atoms with Crippen LogP contribution in [-0.2, 0) is 19.7 Å². The van der Waals surface area contributed by atoms with Crippen LogP contribution in [-0.4, -0.2) is 61.7 Å². The second kappa shape index (κ2) is 5.58. The van der Waals surface area contributed by atoms with E-state index >= 15 is 0 Å². The van der Waals surface area contributed by atoms with Gasteiger partial charge >= 0.3 is 0 Å². The Bertz CT molecular complexity index is 650. The molecule has 0 radical (unpaired) electrons. The zero-order chi connectivity index (χ0) is 15.1. The number of hydrogen-bond acceptors (Lipinski definition) is 6. The minimum Gasteiger partial charge on any atom is -0.357 e. The second-order valence-electron chi connectivity index (χ2n) is 5.23. The fraction of sp³-hybridized carbons (Fsp3) is 0.727. The van der Waals surface area contributed by atoms with Crippen LogP contribution < -0.4 is 0 Å². The normalized spacial score (nSPS) is 31.0. The van der Waals surface area contributed by atoms with Crippen LogP contribution in [0.4, 0.5) is 0 Å². The average Bonchev–Trinajstić information content (AvgIpc) is 2.77. The molecule has 0 aromatic rings. The van der Waals surface area contributed by atoms with Gasteiger partial charge in [-0.3, -0.25) is 0 Å². The molecule has 0 spiro atoms. The first kappa shape index (κ1) is 16.3. The highest BCUT2D eigenvalue weighted by molar-refractivity contribution is 8.23. The van der Waals surface area contributed by atoms with Gasteiger partial charge in [-0.05, 0) is 18.9 Å². The molecule has 9 heteroatoms. The summed E-state index contributed by atoms with van der Waals surface area (Å²) in [4.78, 5) is 1.79. The summed E-state index contributed by atoms with van der Waals surface area (Å²) in [6, 6.07) is -0.0951. The van der Waals surface area contributed by atoms with Gasteiger partial charge in [0.2, 0.25) is 0 Å². The Labute approximate surface area is 129 Å². The lowest BCUT2D eigenvalue weighted by Gasteiger charge is -2.27. The number of hydrogen-bond donors (Lipinski definition) is 0. The third-order valence-electron chi connectivity index (χ3n) is 3.54. The van der Waals surface area contributed by atoms with Crippen LogP contribution in [0.15, 0.2) is 11.0 Å². The van der Waals surface area contributed by atoms with E-state index in [-0.39, 0.29) is 28.6 Å². The van der Waals surface area contributed by atoms with Gasteiger partial charge in [0.15, 0.2) is 19.7 Å². The Morgan fingerprint density at radius 1 is 1.35 bits per heavy atom. The molecule has 2 rings (SSSR count). The first-order valence-corrected chi connectivity index (χ1v) is 11.0. The van der Waals surface area contributed by atoms with E-state index in [0.29, 0.717) is 10.7 Å². The molecule has 5 nitrogen and oxygen atoms in total.